The van der Waals surface area contributed by atoms with Crippen LogP contribution >= 0.6 is 0 Å². The van der Waals surface area contributed by atoms with Gasteiger partial charge in [0.2, 0.25) is 0 Å². The van der Waals surface area contributed by atoms with E-state index in [2.05, 4.69) is 5.10 Å². The van der Waals surface area contributed by atoms with E-state index in [1.807, 2.05) is 0 Å². The molecule has 0 atom stereocenters. The fraction of sp³-hybridized carbons (Fsp3) is 0.714. The third-order valence-corrected chi connectivity index (χ3v) is 2.73. The van der Waals surface area contributed by atoms with Crippen LogP contribution in [-0.2, 0) is 20.9 Å². The van der Waals surface area contributed by atoms with Gasteiger partial charge < -0.3 is 14.2 Å². The number of aromatic nitrogens is 2. The molecule has 0 saturated heterocycles. The van der Waals surface area contributed by atoms with Crippen LogP contribution in [0.3, 0.4) is 0 Å². The van der Waals surface area contributed by atoms with E-state index in [-0.39, 0.29) is 31.4 Å². The molecule has 1 aromatic rings. The maximum absolute atomic E-state index is 11.6. The van der Waals surface area contributed by atoms with Crippen LogP contribution < -0.4 is 4.74 Å². The second-order valence-electron chi connectivity index (χ2n) is 5.97. The van der Waals surface area contributed by atoms with E-state index in [0.717, 1.165) is 5.06 Å². The summed E-state index contributed by atoms with van der Waals surface area (Å²) in [5, 5.41) is 15.7. The molecule has 1 amide bonds. The van der Waals surface area contributed by atoms with Crippen molar-refractivity contribution in [2.24, 2.45) is 0 Å². The number of hydrogen-bond acceptors (Lipinski definition) is 8. The molecule has 0 aliphatic heterocycles. The first-order valence-corrected chi connectivity index (χ1v) is 7.57. The molecule has 142 valence electrons. The molecule has 0 spiro atoms. The Balaban J connectivity index is 2.24. The molecule has 0 bridgehead atoms. The predicted octanol–water partition coefficient (Wildman–Crippen LogP) is 1.61. The number of rotatable bonds is 9. The summed E-state index contributed by atoms with van der Waals surface area (Å²) < 4.78 is 16.7. The maximum Gasteiger partial charge on any atom is 0.434 e. The molecule has 1 rings (SSSR count). The van der Waals surface area contributed by atoms with Gasteiger partial charge in [-0.25, -0.2) is 4.79 Å². The van der Waals surface area contributed by atoms with E-state index in [0.29, 0.717) is 6.54 Å². The van der Waals surface area contributed by atoms with E-state index in [1.165, 1.54) is 25.0 Å². The Hall–Kier alpha value is -2.40. The van der Waals surface area contributed by atoms with Crippen LogP contribution in [0, 0.1) is 10.1 Å². The van der Waals surface area contributed by atoms with E-state index in [4.69, 9.17) is 19.0 Å². The Labute approximate surface area is 145 Å². The van der Waals surface area contributed by atoms with Crippen molar-refractivity contribution in [3.05, 3.63) is 16.3 Å². The van der Waals surface area contributed by atoms with Gasteiger partial charge in [0.1, 0.15) is 11.8 Å². The van der Waals surface area contributed by atoms with Crippen LogP contribution in [0.2, 0.25) is 0 Å². The topological polar surface area (TPSA) is 118 Å². The Morgan fingerprint density at radius 1 is 1.36 bits per heavy atom. The molecule has 0 radical (unpaired) electrons. The number of ether oxygens (including phenoxy) is 3. The van der Waals surface area contributed by atoms with Gasteiger partial charge in [-0.1, -0.05) is 0 Å². The Kier molecular flexibility index (Phi) is 7.58. The largest absolute Gasteiger partial charge is 0.475 e. The van der Waals surface area contributed by atoms with Crippen molar-refractivity contribution in [3.63, 3.8) is 0 Å². The van der Waals surface area contributed by atoms with Gasteiger partial charge in [-0.2, -0.15) is 5.06 Å². The monoisotopic (exact) mass is 360 g/mol. The van der Waals surface area contributed by atoms with Crippen molar-refractivity contribution in [1.82, 2.24) is 14.8 Å². The summed E-state index contributed by atoms with van der Waals surface area (Å²) in [5.74, 6) is -0.0488. The Morgan fingerprint density at radius 3 is 2.56 bits per heavy atom. The number of hydroxylamine groups is 2. The second kappa shape index (κ2) is 9.18. The van der Waals surface area contributed by atoms with Gasteiger partial charge in [-0.3, -0.25) is 19.6 Å². The zero-order chi connectivity index (χ0) is 19.0. The highest BCUT2D eigenvalue weighted by Gasteiger charge is 2.21. The van der Waals surface area contributed by atoms with Gasteiger partial charge in [-0.15, -0.1) is 5.10 Å². The molecule has 0 aliphatic rings. The highest BCUT2D eigenvalue weighted by atomic mass is 16.7. The van der Waals surface area contributed by atoms with Crippen molar-refractivity contribution in [2.45, 2.75) is 32.9 Å². The summed E-state index contributed by atoms with van der Waals surface area (Å²) in [6.07, 6.45) is 0.679. The molecule has 0 unspecified atom stereocenters. The Bertz CT molecular complexity index is 582. The highest BCUT2D eigenvalue weighted by molar-refractivity contribution is 5.66. The number of carbonyl (C=O) groups is 1. The molecular formula is C14H24N4O7. The summed E-state index contributed by atoms with van der Waals surface area (Å²) in [6.45, 7) is 6.24. The van der Waals surface area contributed by atoms with Gasteiger partial charge in [-0.05, 0) is 20.8 Å². The lowest BCUT2D eigenvalue weighted by Crippen LogP contribution is -2.35. The van der Waals surface area contributed by atoms with Crippen LogP contribution in [0.4, 0.5) is 10.5 Å². The minimum atomic E-state index is -0.599. The van der Waals surface area contributed by atoms with E-state index < -0.39 is 16.6 Å². The second-order valence-corrected chi connectivity index (χ2v) is 5.97. The van der Waals surface area contributed by atoms with Gasteiger partial charge in [0.05, 0.1) is 38.4 Å². The van der Waals surface area contributed by atoms with Gasteiger partial charge >= 0.3 is 17.7 Å². The maximum atomic E-state index is 11.6. The van der Waals surface area contributed by atoms with Crippen LogP contribution in [0.5, 0.6) is 5.88 Å². The van der Waals surface area contributed by atoms with Crippen LogP contribution in [0.15, 0.2) is 6.20 Å². The van der Waals surface area contributed by atoms with Crippen molar-refractivity contribution in [2.75, 3.05) is 34.0 Å². The average molecular weight is 360 g/mol. The van der Waals surface area contributed by atoms with Crippen molar-refractivity contribution >= 4 is 11.8 Å². The first kappa shape index (κ1) is 20.6. The normalized spacial score (nSPS) is 11.2. The molecule has 25 heavy (non-hydrogen) atoms. The number of amides is 1. The van der Waals surface area contributed by atoms with Crippen molar-refractivity contribution < 1.29 is 28.8 Å². The molecular weight excluding hydrogens is 336 g/mol. The predicted molar refractivity (Wildman–Crippen MR) is 86.2 cm³/mol. The summed E-state index contributed by atoms with van der Waals surface area (Å²) in [5.41, 5.74) is -0.802. The van der Waals surface area contributed by atoms with Crippen LogP contribution in [0.25, 0.3) is 0 Å². The van der Waals surface area contributed by atoms with Crippen molar-refractivity contribution in [3.8, 4) is 5.88 Å². The third-order valence-electron chi connectivity index (χ3n) is 2.73. The molecule has 0 aliphatic carbocycles. The standard InChI is InChI=1S/C14H24N4O7/c1-14(2,3)25-13(19)16(4)24-9-8-23-7-6-17-10-11(18(20)21)12(15-17)22-5/h10H,6-9H2,1-5H3. The molecule has 11 heteroatoms. The number of nitrogens with zero attached hydrogens (tertiary/aromatic N) is 4. The lowest BCUT2D eigenvalue weighted by Gasteiger charge is -2.23. The molecule has 1 aromatic heterocycles. The number of hydrogen-bond donors (Lipinski definition) is 0. The minimum Gasteiger partial charge on any atom is -0.475 e. The minimum absolute atomic E-state index is 0.0488. The number of carbonyl (C=O) groups excluding carboxylic acids is 1. The van der Waals surface area contributed by atoms with Gasteiger partial charge in [0.15, 0.2) is 0 Å². The van der Waals surface area contributed by atoms with Gasteiger partial charge in [0.25, 0.3) is 0 Å². The van der Waals surface area contributed by atoms with Crippen LogP contribution in [0.1, 0.15) is 20.8 Å². The SMILES string of the molecule is COc1nn(CCOCCON(C)C(=O)OC(C)(C)C)cc1[N+](=O)[O-]. The summed E-state index contributed by atoms with van der Waals surface area (Å²) in [6, 6.07) is 0. The fourth-order valence-corrected chi connectivity index (χ4v) is 1.65. The van der Waals surface area contributed by atoms with Crippen LogP contribution in [-0.4, -0.2) is 65.4 Å². The lowest BCUT2D eigenvalue weighted by molar-refractivity contribution is -0.385. The molecule has 0 N–H and O–H groups in total. The molecule has 11 nitrogen and oxygen atoms in total. The quantitative estimate of drug-likeness (QED) is 0.370. The number of methoxy groups -OCH3 is 1. The van der Waals surface area contributed by atoms with Crippen molar-refractivity contribution in [1.29, 1.82) is 0 Å². The zero-order valence-corrected chi connectivity index (χ0v) is 15.1. The molecule has 0 aromatic carbocycles. The number of nitro groups is 1. The fourth-order valence-electron chi connectivity index (χ4n) is 1.65. The smallest absolute Gasteiger partial charge is 0.434 e. The van der Waals surface area contributed by atoms with Gasteiger partial charge in [0, 0.05) is 7.05 Å². The lowest BCUT2D eigenvalue weighted by atomic mass is 10.2. The zero-order valence-electron chi connectivity index (χ0n) is 15.1. The molecule has 0 fully saturated rings. The molecule has 1 heterocycles. The average Bonchev–Trinajstić information content (AvgIpc) is 2.92. The summed E-state index contributed by atoms with van der Waals surface area (Å²) in [7, 11) is 2.76. The van der Waals surface area contributed by atoms with E-state index >= 15 is 0 Å². The first-order chi connectivity index (χ1) is 11.6. The molecule has 0 saturated carbocycles. The third kappa shape index (κ3) is 7.35. The summed E-state index contributed by atoms with van der Waals surface area (Å²) in [4.78, 5) is 27.0. The first-order valence-electron chi connectivity index (χ1n) is 7.57. The van der Waals surface area contributed by atoms with E-state index in [1.54, 1.807) is 20.8 Å². The Morgan fingerprint density at radius 2 is 2.04 bits per heavy atom. The highest BCUT2D eigenvalue weighted by Crippen LogP contribution is 2.23. The summed E-state index contributed by atoms with van der Waals surface area (Å²) >= 11 is 0. The van der Waals surface area contributed by atoms with E-state index in [9.17, 15) is 14.9 Å².